The van der Waals surface area contributed by atoms with E-state index in [4.69, 9.17) is 43.2 Å². The van der Waals surface area contributed by atoms with Crippen molar-refractivity contribution in [3.8, 4) is 50.8 Å². The number of benzene rings is 4. The first kappa shape index (κ1) is 45.5. The van der Waals surface area contributed by atoms with E-state index in [-0.39, 0.29) is 11.9 Å². The highest BCUT2D eigenvalue weighted by atomic mass is 32.1. The number of thiazole rings is 1. The molecule has 1 fully saturated rings. The van der Waals surface area contributed by atoms with Gasteiger partial charge in [0.05, 0.1) is 70.7 Å². The average molecular weight is 880 g/mol. The van der Waals surface area contributed by atoms with Gasteiger partial charge in [-0.05, 0) is 112 Å². The molecule has 0 bridgehead atoms. The predicted molar refractivity (Wildman–Crippen MR) is 249 cm³/mol. The van der Waals surface area contributed by atoms with E-state index in [1.54, 1.807) is 46.9 Å². The molecule has 1 aromatic heterocycles. The number of rotatable bonds is 22. The Hall–Kier alpha value is -5.57. The summed E-state index contributed by atoms with van der Waals surface area (Å²) in [6.45, 7) is 9.44. The minimum atomic E-state index is -0.304. The fourth-order valence-electron chi connectivity index (χ4n) is 8.24. The number of piperazine rings is 1. The quantitative estimate of drug-likeness (QED) is 0.0620. The van der Waals surface area contributed by atoms with Gasteiger partial charge in [0.15, 0.2) is 34.5 Å². The van der Waals surface area contributed by atoms with Gasteiger partial charge in [0.1, 0.15) is 5.01 Å². The fraction of sp³-hybridized carbons (Fsp3) is 0.449. The summed E-state index contributed by atoms with van der Waals surface area (Å²) in [5.74, 6) is 4.24. The minimum Gasteiger partial charge on any atom is -0.493 e. The number of aromatic nitrogens is 1. The molecule has 2 aliphatic heterocycles. The summed E-state index contributed by atoms with van der Waals surface area (Å²) in [5.41, 5.74) is 4.52. The van der Waals surface area contributed by atoms with Crippen LogP contribution in [0.1, 0.15) is 69.0 Å². The molecule has 1 unspecified atom stereocenters. The smallest absolute Gasteiger partial charge is 0.240 e. The molecule has 13 nitrogen and oxygen atoms in total. The number of carbonyl (C=O) groups excluding carboxylic acids is 1. The Morgan fingerprint density at radius 1 is 0.635 bits per heavy atom. The van der Waals surface area contributed by atoms with Gasteiger partial charge < -0.3 is 43.0 Å². The van der Waals surface area contributed by atoms with Crippen LogP contribution in [0.25, 0.3) is 20.8 Å². The Kier molecular flexibility index (Phi) is 16.0. The van der Waals surface area contributed by atoms with Crippen LogP contribution in [0.5, 0.6) is 40.2 Å². The summed E-state index contributed by atoms with van der Waals surface area (Å²) in [6, 6.07) is 23.6. The van der Waals surface area contributed by atoms with Crippen LogP contribution in [0.3, 0.4) is 0 Å². The third kappa shape index (κ3) is 11.3. The second-order valence-corrected chi connectivity index (χ2v) is 16.8. The third-order valence-corrected chi connectivity index (χ3v) is 12.8. The normalized spacial score (nSPS) is 15.6. The summed E-state index contributed by atoms with van der Waals surface area (Å²) < 4.78 is 41.6. The number of amides is 1. The van der Waals surface area contributed by atoms with Crippen molar-refractivity contribution in [2.45, 2.75) is 57.9 Å². The van der Waals surface area contributed by atoms with Crippen molar-refractivity contribution in [3.63, 3.8) is 0 Å². The lowest BCUT2D eigenvalue weighted by molar-refractivity contribution is -0.130. The van der Waals surface area contributed by atoms with Gasteiger partial charge in [-0.25, -0.2) is 9.99 Å². The number of ether oxygens (including phenoxy) is 7. The summed E-state index contributed by atoms with van der Waals surface area (Å²) >= 11 is 1.69. The van der Waals surface area contributed by atoms with Crippen LogP contribution in [-0.2, 0) is 4.79 Å². The largest absolute Gasteiger partial charge is 0.493 e. The predicted octanol–water partition coefficient (Wildman–Crippen LogP) is 9.12. The molecular formula is C49H61N5O8S. The zero-order chi connectivity index (χ0) is 44.1. The Labute approximate surface area is 375 Å². The number of unbranched alkanes of at least 4 members (excludes halogenated alkanes) is 4. The van der Waals surface area contributed by atoms with Crippen LogP contribution in [0, 0.1) is 0 Å². The van der Waals surface area contributed by atoms with Crippen LogP contribution in [0.4, 0.5) is 0 Å². The van der Waals surface area contributed by atoms with E-state index in [1.807, 2.05) is 54.6 Å². The first-order valence-corrected chi connectivity index (χ1v) is 22.7. The van der Waals surface area contributed by atoms with Gasteiger partial charge in [-0.15, -0.1) is 11.3 Å². The average Bonchev–Trinajstić information content (AvgIpc) is 3.97. The molecular weight excluding hydrogens is 819 g/mol. The molecule has 0 aliphatic carbocycles. The maximum atomic E-state index is 12.8. The van der Waals surface area contributed by atoms with E-state index in [0.717, 1.165) is 116 Å². The molecule has 336 valence electrons. The van der Waals surface area contributed by atoms with E-state index in [2.05, 4.69) is 28.0 Å². The molecule has 0 spiro atoms. The van der Waals surface area contributed by atoms with Gasteiger partial charge in [-0.2, -0.15) is 5.10 Å². The first-order chi connectivity index (χ1) is 30.8. The van der Waals surface area contributed by atoms with Crippen molar-refractivity contribution in [1.82, 2.24) is 19.8 Å². The number of nitrogens with zero attached hydrogens (tertiary/aromatic N) is 5. The van der Waals surface area contributed by atoms with Gasteiger partial charge in [0.25, 0.3) is 0 Å². The molecule has 14 heteroatoms. The number of hydrazone groups is 1. The number of hydrogen-bond acceptors (Lipinski definition) is 13. The number of methoxy groups -OCH3 is 5. The second kappa shape index (κ2) is 22.2. The van der Waals surface area contributed by atoms with Crippen molar-refractivity contribution < 1.29 is 38.0 Å². The molecule has 1 saturated heterocycles. The number of hydrogen-bond donors (Lipinski definition) is 0. The zero-order valence-corrected chi connectivity index (χ0v) is 38.3. The lowest BCUT2D eigenvalue weighted by atomic mass is 9.97. The van der Waals surface area contributed by atoms with Crippen LogP contribution < -0.4 is 33.2 Å². The molecule has 0 saturated carbocycles. The maximum Gasteiger partial charge on any atom is 0.240 e. The topological polar surface area (TPSA) is 117 Å². The summed E-state index contributed by atoms with van der Waals surface area (Å²) in [7, 11) is 8.06. The van der Waals surface area contributed by atoms with Crippen LogP contribution >= 0.6 is 11.3 Å². The molecule has 0 radical (unpaired) electrons. The van der Waals surface area contributed by atoms with E-state index in [0.29, 0.717) is 48.4 Å². The molecule has 1 amide bonds. The Bertz CT molecular complexity index is 2270. The highest BCUT2D eigenvalue weighted by Crippen LogP contribution is 2.42. The first-order valence-electron chi connectivity index (χ1n) is 21.9. The maximum absolute atomic E-state index is 12.8. The minimum absolute atomic E-state index is 0.151. The molecule has 7 rings (SSSR count). The van der Waals surface area contributed by atoms with Crippen molar-refractivity contribution in [2.75, 3.05) is 88.0 Å². The van der Waals surface area contributed by atoms with Crippen molar-refractivity contribution in [3.05, 3.63) is 83.9 Å². The van der Waals surface area contributed by atoms with Gasteiger partial charge in [0, 0.05) is 50.7 Å². The number of para-hydroxylation sites is 1. The van der Waals surface area contributed by atoms with Gasteiger partial charge in [-0.3, -0.25) is 4.79 Å². The lowest BCUT2D eigenvalue weighted by Crippen LogP contribution is -2.46. The molecule has 2 aliphatic rings. The molecule has 1 atom stereocenters. The molecule has 5 aromatic rings. The van der Waals surface area contributed by atoms with Crippen LogP contribution in [0.2, 0.25) is 0 Å². The van der Waals surface area contributed by atoms with Crippen molar-refractivity contribution in [2.24, 2.45) is 5.10 Å². The molecule has 63 heavy (non-hydrogen) atoms. The van der Waals surface area contributed by atoms with E-state index >= 15 is 0 Å². The highest BCUT2D eigenvalue weighted by molar-refractivity contribution is 7.21. The van der Waals surface area contributed by atoms with Crippen molar-refractivity contribution >= 4 is 33.2 Å². The van der Waals surface area contributed by atoms with Crippen LogP contribution in [0.15, 0.2) is 77.9 Å². The SMILES string of the molecule is COc1ccc(-c2nc3ccccc3s2)cc1OCCCCCN1CCN(CCCCCOc2cc(C3CC(c4cc(OC)c(OC)c(OC)c4)=NN3C(C)=O)ccc2OC)CC1. The molecule has 3 heterocycles. The standard InChI is InChI=1S/C49H61N5O8S/c1-34(55)54-40(33-39(51-54)37-31-45(58-4)48(60-6)46(32-37)59-5)35-17-19-41(56-2)43(29-35)61-27-13-7-11-21-52-23-25-53(26-24-52)22-12-8-14-28-62-44-30-36(18-20-42(44)57-3)49-50-38-15-9-10-16-47(38)63-49/h9-10,15-20,29-32,40H,7-8,11-14,21-28,33H2,1-6H3. The van der Waals surface area contributed by atoms with Crippen molar-refractivity contribution in [1.29, 1.82) is 0 Å². The fourth-order valence-corrected chi connectivity index (χ4v) is 9.21. The van der Waals surface area contributed by atoms with Gasteiger partial charge >= 0.3 is 0 Å². The van der Waals surface area contributed by atoms with Crippen LogP contribution in [-0.4, -0.2) is 119 Å². The summed E-state index contributed by atoms with van der Waals surface area (Å²) in [4.78, 5) is 22.8. The van der Waals surface area contributed by atoms with E-state index in [9.17, 15) is 4.79 Å². The van der Waals surface area contributed by atoms with E-state index < -0.39 is 0 Å². The van der Waals surface area contributed by atoms with Gasteiger partial charge in [0.2, 0.25) is 11.7 Å². The summed E-state index contributed by atoms with van der Waals surface area (Å²) in [5, 5.41) is 7.26. The molecule has 0 N–H and O–H groups in total. The summed E-state index contributed by atoms with van der Waals surface area (Å²) in [6.07, 6.45) is 6.95. The zero-order valence-electron chi connectivity index (χ0n) is 37.5. The van der Waals surface area contributed by atoms with Gasteiger partial charge in [-0.1, -0.05) is 18.2 Å². The number of carbonyl (C=O) groups is 1. The lowest BCUT2D eigenvalue weighted by Gasteiger charge is -2.34. The Balaban J connectivity index is 0.792. The second-order valence-electron chi connectivity index (χ2n) is 15.8. The number of fused-ring (bicyclic) bond motifs is 1. The Morgan fingerprint density at radius 2 is 1.21 bits per heavy atom. The van der Waals surface area contributed by atoms with E-state index in [1.165, 1.54) is 23.1 Å². The highest BCUT2D eigenvalue weighted by Gasteiger charge is 2.33. The monoisotopic (exact) mass is 879 g/mol. The Morgan fingerprint density at radius 3 is 1.78 bits per heavy atom. The molecule has 4 aromatic carbocycles. The third-order valence-electron chi connectivity index (χ3n) is 11.7.